The molecule has 4 aliphatic rings. The van der Waals surface area contributed by atoms with Gasteiger partial charge in [0.1, 0.15) is 22.6 Å². The summed E-state index contributed by atoms with van der Waals surface area (Å²) < 4.78 is 11.9. The molecule has 4 fully saturated rings. The van der Waals surface area contributed by atoms with E-state index in [2.05, 4.69) is 17.0 Å². The smallest absolute Gasteiger partial charge is 0.410 e. The van der Waals surface area contributed by atoms with Crippen LogP contribution < -0.4 is 0 Å². The Balaban J connectivity index is 1.06. The standard InChI is InChI=1S/C35H48Cl2N4O4/c1-3-4-11-26-23-41(22-25-9-6-5-7-10-25)34(43)44-35(26)16-20-39(21-17-35)27-14-18-40(19-15-27)33(42)30-24(2)45-38-32(30)31-28(36)12-8-13-29(31)37/h8,12-13,25-27H,3-7,9-11,14-23H2,1-2H3. The lowest BCUT2D eigenvalue weighted by molar-refractivity contribution is -0.127. The van der Waals surface area contributed by atoms with Crippen molar-refractivity contribution in [3.63, 3.8) is 0 Å². The number of ether oxygens (including phenoxy) is 1. The van der Waals surface area contributed by atoms with Crippen molar-refractivity contribution in [2.24, 2.45) is 11.8 Å². The van der Waals surface area contributed by atoms with Crippen molar-refractivity contribution >= 4 is 35.2 Å². The van der Waals surface area contributed by atoms with Gasteiger partial charge in [-0.2, -0.15) is 0 Å². The summed E-state index contributed by atoms with van der Waals surface area (Å²) in [5, 5.41) is 5.05. The van der Waals surface area contributed by atoms with Crippen LogP contribution in [0.3, 0.4) is 0 Å². The molecule has 1 unspecified atom stereocenters. The molecule has 0 N–H and O–H groups in total. The lowest BCUT2D eigenvalue weighted by Gasteiger charge is -2.52. The van der Waals surface area contributed by atoms with Crippen molar-refractivity contribution in [3.8, 4) is 11.3 Å². The topological polar surface area (TPSA) is 79.1 Å². The third-order valence-electron chi connectivity index (χ3n) is 11.0. The van der Waals surface area contributed by atoms with Crippen molar-refractivity contribution in [3.05, 3.63) is 39.6 Å². The van der Waals surface area contributed by atoms with Gasteiger partial charge in [0.25, 0.3) is 5.91 Å². The number of likely N-dealkylation sites (tertiary alicyclic amines) is 2. The predicted octanol–water partition coefficient (Wildman–Crippen LogP) is 8.23. The molecule has 1 spiro atoms. The van der Waals surface area contributed by atoms with Crippen molar-refractivity contribution < 1.29 is 18.8 Å². The van der Waals surface area contributed by atoms with Crippen molar-refractivity contribution in [1.29, 1.82) is 0 Å². The molecule has 1 aromatic heterocycles. The number of hydrogen-bond acceptors (Lipinski definition) is 6. The van der Waals surface area contributed by atoms with Crippen LogP contribution in [0, 0.1) is 18.8 Å². The summed E-state index contributed by atoms with van der Waals surface area (Å²) in [5.74, 6) is 1.39. The van der Waals surface area contributed by atoms with E-state index in [1.807, 2.05) is 9.80 Å². The van der Waals surface area contributed by atoms with Crippen LogP contribution in [0.4, 0.5) is 4.79 Å². The average molecular weight is 660 g/mol. The summed E-state index contributed by atoms with van der Waals surface area (Å²) in [6, 6.07) is 5.65. The van der Waals surface area contributed by atoms with E-state index in [0.29, 0.717) is 63.6 Å². The van der Waals surface area contributed by atoms with Gasteiger partial charge in [0.05, 0.1) is 10.0 Å². The SMILES string of the molecule is CCCCC1CN(CC2CCCCC2)C(=O)OC12CCN(C1CCN(C(=O)c3c(-c4c(Cl)cccc4Cl)noc3C)CC1)CC2. The summed E-state index contributed by atoms with van der Waals surface area (Å²) >= 11 is 12.9. The van der Waals surface area contributed by atoms with Crippen molar-refractivity contribution in [2.45, 2.75) is 103 Å². The van der Waals surface area contributed by atoms with Gasteiger partial charge in [0.2, 0.25) is 0 Å². The molecule has 45 heavy (non-hydrogen) atoms. The third kappa shape index (κ3) is 6.89. The lowest BCUT2D eigenvalue weighted by Crippen LogP contribution is -2.61. The number of benzene rings is 1. The lowest BCUT2D eigenvalue weighted by atomic mass is 9.75. The minimum absolute atomic E-state index is 0.0879. The van der Waals surface area contributed by atoms with E-state index in [-0.39, 0.29) is 17.6 Å². The number of hydrogen-bond donors (Lipinski definition) is 0. The van der Waals surface area contributed by atoms with E-state index in [1.54, 1.807) is 25.1 Å². The van der Waals surface area contributed by atoms with Gasteiger partial charge in [0.15, 0.2) is 0 Å². The first-order valence-corrected chi connectivity index (χ1v) is 18.0. The Bertz CT molecular complexity index is 1320. The third-order valence-corrected chi connectivity index (χ3v) is 11.7. The molecule has 0 bridgehead atoms. The molecule has 1 aliphatic carbocycles. The van der Waals surface area contributed by atoms with Gasteiger partial charge in [-0.1, -0.05) is 73.5 Å². The number of amides is 2. The Kier molecular flexibility index (Phi) is 10.3. The van der Waals surface area contributed by atoms with Crippen LogP contribution in [0.2, 0.25) is 10.0 Å². The van der Waals surface area contributed by atoms with Crippen LogP contribution in [0.5, 0.6) is 0 Å². The van der Waals surface area contributed by atoms with E-state index in [0.717, 1.165) is 64.7 Å². The fourth-order valence-corrected chi connectivity index (χ4v) is 8.93. The summed E-state index contributed by atoms with van der Waals surface area (Å²) in [4.78, 5) is 33.6. The second-order valence-electron chi connectivity index (χ2n) is 13.8. The predicted molar refractivity (Wildman–Crippen MR) is 177 cm³/mol. The van der Waals surface area contributed by atoms with E-state index in [9.17, 15) is 9.59 Å². The van der Waals surface area contributed by atoms with Crippen LogP contribution in [0.25, 0.3) is 11.3 Å². The highest BCUT2D eigenvalue weighted by Crippen LogP contribution is 2.43. The molecular formula is C35H48Cl2N4O4. The van der Waals surface area contributed by atoms with Gasteiger partial charge in [-0.05, 0) is 57.1 Å². The molecule has 1 aromatic carbocycles. The van der Waals surface area contributed by atoms with Crippen LogP contribution in [0.15, 0.2) is 22.7 Å². The second kappa shape index (κ2) is 14.2. The normalized spacial score (nSPS) is 23.5. The number of halogens is 2. The highest BCUT2D eigenvalue weighted by molar-refractivity contribution is 6.39. The average Bonchev–Trinajstić information content (AvgIpc) is 3.43. The molecule has 246 valence electrons. The summed E-state index contributed by atoms with van der Waals surface area (Å²) in [6.45, 7) is 8.89. The fourth-order valence-electron chi connectivity index (χ4n) is 8.35. The molecule has 3 saturated heterocycles. The Morgan fingerprint density at radius 1 is 1.02 bits per heavy atom. The quantitative estimate of drug-likeness (QED) is 0.284. The van der Waals surface area contributed by atoms with Crippen LogP contribution in [0.1, 0.15) is 100 Å². The minimum Gasteiger partial charge on any atom is -0.442 e. The molecule has 4 heterocycles. The maximum Gasteiger partial charge on any atom is 0.410 e. The summed E-state index contributed by atoms with van der Waals surface area (Å²) in [5.41, 5.74) is 1.01. The number of unbranched alkanes of at least 4 members (excludes halogenated alkanes) is 1. The largest absolute Gasteiger partial charge is 0.442 e. The van der Waals surface area contributed by atoms with Gasteiger partial charge in [-0.3, -0.25) is 9.69 Å². The van der Waals surface area contributed by atoms with Gasteiger partial charge < -0.3 is 19.1 Å². The Morgan fingerprint density at radius 2 is 1.71 bits per heavy atom. The number of carbonyl (C=O) groups excluding carboxylic acids is 2. The molecular weight excluding hydrogens is 611 g/mol. The van der Waals surface area contributed by atoms with E-state index in [4.69, 9.17) is 32.5 Å². The molecule has 6 rings (SSSR count). The number of carbonyl (C=O) groups is 2. The number of aromatic nitrogens is 1. The first-order valence-electron chi connectivity index (χ1n) is 17.2. The number of piperidine rings is 2. The monoisotopic (exact) mass is 658 g/mol. The molecule has 8 nitrogen and oxygen atoms in total. The molecule has 3 aliphatic heterocycles. The molecule has 10 heteroatoms. The maximum atomic E-state index is 13.8. The second-order valence-corrected chi connectivity index (χ2v) is 14.6. The Labute approximate surface area is 277 Å². The van der Waals surface area contributed by atoms with Crippen LogP contribution >= 0.6 is 23.2 Å². The number of rotatable bonds is 8. The van der Waals surface area contributed by atoms with E-state index >= 15 is 0 Å². The number of aryl methyl sites for hydroxylation is 1. The van der Waals surface area contributed by atoms with Crippen LogP contribution in [-0.4, -0.2) is 82.8 Å². The summed E-state index contributed by atoms with van der Waals surface area (Å²) in [6.07, 6.45) is 13.3. The number of nitrogens with zero attached hydrogens (tertiary/aromatic N) is 4. The zero-order valence-electron chi connectivity index (χ0n) is 26.9. The van der Waals surface area contributed by atoms with E-state index < -0.39 is 0 Å². The molecule has 2 aromatic rings. The van der Waals surface area contributed by atoms with E-state index in [1.165, 1.54) is 38.5 Å². The van der Waals surface area contributed by atoms with Crippen LogP contribution in [-0.2, 0) is 4.74 Å². The zero-order chi connectivity index (χ0) is 31.6. The first kappa shape index (κ1) is 32.6. The minimum atomic E-state index is -0.343. The van der Waals surface area contributed by atoms with Gasteiger partial charge >= 0.3 is 6.09 Å². The Morgan fingerprint density at radius 3 is 2.38 bits per heavy atom. The van der Waals surface area contributed by atoms with Crippen molar-refractivity contribution in [1.82, 2.24) is 19.9 Å². The molecule has 0 radical (unpaired) electrons. The fraction of sp³-hybridized carbons (Fsp3) is 0.686. The Hall–Kier alpha value is -2.29. The summed E-state index contributed by atoms with van der Waals surface area (Å²) in [7, 11) is 0. The first-order chi connectivity index (χ1) is 21.8. The van der Waals surface area contributed by atoms with Gasteiger partial charge in [-0.25, -0.2) is 4.79 Å². The van der Waals surface area contributed by atoms with Gasteiger partial charge in [-0.15, -0.1) is 0 Å². The highest BCUT2D eigenvalue weighted by atomic mass is 35.5. The van der Waals surface area contributed by atoms with Crippen molar-refractivity contribution in [2.75, 3.05) is 39.3 Å². The molecule has 1 saturated carbocycles. The molecule has 2 amide bonds. The maximum absolute atomic E-state index is 13.8. The van der Waals surface area contributed by atoms with Gasteiger partial charge in [0, 0.05) is 69.6 Å². The highest BCUT2D eigenvalue weighted by Gasteiger charge is 2.50. The zero-order valence-corrected chi connectivity index (χ0v) is 28.4. The molecule has 1 atom stereocenters.